The van der Waals surface area contributed by atoms with E-state index < -0.39 is 0 Å². The molecular weight excluding hydrogens is 497 g/mol. The molecule has 0 aromatic heterocycles. The SMILES string of the molecule is CN=C(NCCCOCC1CCOCC1)N(C)Cc1cc(OC)c(OC)cc1C.I. The minimum Gasteiger partial charge on any atom is -0.493 e. The highest BCUT2D eigenvalue weighted by Crippen LogP contribution is 2.30. The Hall–Kier alpha value is -1.26. The van der Waals surface area contributed by atoms with Crippen LogP contribution in [0.3, 0.4) is 0 Å². The fourth-order valence-electron chi connectivity index (χ4n) is 3.45. The topological polar surface area (TPSA) is 64.6 Å². The molecule has 1 aromatic carbocycles. The highest BCUT2D eigenvalue weighted by Gasteiger charge is 2.14. The highest BCUT2D eigenvalue weighted by atomic mass is 127. The zero-order valence-corrected chi connectivity index (χ0v) is 21.4. The fourth-order valence-corrected chi connectivity index (χ4v) is 3.45. The quantitative estimate of drug-likeness (QED) is 0.214. The molecule has 1 aromatic rings. The van der Waals surface area contributed by atoms with Gasteiger partial charge in [0.05, 0.1) is 14.2 Å². The first-order valence-electron chi connectivity index (χ1n) is 10.4. The van der Waals surface area contributed by atoms with Crippen LogP contribution in [0.25, 0.3) is 0 Å². The first-order chi connectivity index (χ1) is 14.1. The molecule has 8 heteroatoms. The van der Waals surface area contributed by atoms with Gasteiger partial charge in [-0.15, -0.1) is 24.0 Å². The molecule has 1 saturated heterocycles. The molecule has 1 fully saturated rings. The molecule has 0 saturated carbocycles. The maximum atomic E-state index is 5.83. The average molecular weight is 535 g/mol. The van der Waals surface area contributed by atoms with E-state index >= 15 is 0 Å². The summed E-state index contributed by atoms with van der Waals surface area (Å²) in [7, 11) is 7.16. The number of nitrogens with one attached hydrogen (secondary N) is 1. The number of nitrogens with zero attached hydrogens (tertiary/aromatic N) is 2. The second-order valence-corrected chi connectivity index (χ2v) is 7.45. The number of aryl methyl sites for hydroxylation is 1. The molecule has 172 valence electrons. The maximum Gasteiger partial charge on any atom is 0.193 e. The van der Waals surface area contributed by atoms with E-state index in [-0.39, 0.29) is 24.0 Å². The summed E-state index contributed by atoms with van der Waals surface area (Å²) in [5.41, 5.74) is 2.33. The summed E-state index contributed by atoms with van der Waals surface area (Å²) in [4.78, 5) is 6.51. The van der Waals surface area contributed by atoms with E-state index in [0.717, 1.165) is 81.8 Å². The molecule has 7 nitrogen and oxygen atoms in total. The Bertz CT molecular complexity index is 652. The van der Waals surface area contributed by atoms with E-state index in [0.29, 0.717) is 5.92 Å². The van der Waals surface area contributed by atoms with Crippen molar-refractivity contribution in [2.45, 2.75) is 32.7 Å². The number of ether oxygens (including phenoxy) is 4. The Morgan fingerprint density at radius 3 is 2.50 bits per heavy atom. The number of rotatable bonds is 10. The zero-order chi connectivity index (χ0) is 21.1. The lowest BCUT2D eigenvalue weighted by molar-refractivity contribution is 0.0203. The van der Waals surface area contributed by atoms with Crippen LogP contribution in [0.5, 0.6) is 11.5 Å². The maximum absolute atomic E-state index is 5.83. The number of guanidine groups is 1. The first kappa shape index (κ1) is 26.8. The van der Waals surface area contributed by atoms with Crippen molar-refractivity contribution >= 4 is 29.9 Å². The second-order valence-electron chi connectivity index (χ2n) is 7.45. The van der Waals surface area contributed by atoms with Gasteiger partial charge in [-0.2, -0.15) is 0 Å². The summed E-state index contributed by atoms with van der Waals surface area (Å²) in [6.07, 6.45) is 3.18. The Morgan fingerprint density at radius 1 is 1.20 bits per heavy atom. The van der Waals surface area contributed by atoms with Crippen molar-refractivity contribution < 1.29 is 18.9 Å². The predicted molar refractivity (Wildman–Crippen MR) is 132 cm³/mol. The third-order valence-electron chi connectivity index (χ3n) is 5.27. The molecule has 2 rings (SSSR count). The summed E-state index contributed by atoms with van der Waals surface area (Å²) in [5.74, 6) is 3.01. The second kappa shape index (κ2) is 14.7. The van der Waals surface area contributed by atoms with Gasteiger partial charge in [0.2, 0.25) is 0 Å². The minimum atomic E-state index is 0. The molecule has 0 spiro atoms. The van der Waals surface area contributed by atoms with Gasteiger partial charge in [0.1, 0.15) is 0 Å². The van der Waals surface area contributed by atoms with Crippen LogP contribution in [0.15, 0.2) is 17.1 Å². The van der Waals surface area contributed by atoms with Crippen molar-refractivity contribution in [3.05, 3.63) is 23.3 Å². The van der Waals surface area contributed by atoms with Gasteiger partial charge in [-0.3, -0.25) is 4.99 Å². The molecule has 0 atom stereocenters. The van der Waals surface area contributed by atoms with Gasteiger partial charge >= 0.3 is 0 Å². The van der Waals surface area contributed by atoms with Crippen LogP contribution in [0, 0.1) is 12.8 Å². The lowest BCUT2D eigenvalue weighted by Crippen LogP contribution is -2.39. The minimum absolute atomic E-state index is 0. The van der Waals surface area contributed by atoms with Crippen molar-refractivity contribution in [3.8, 4) is 11.5 Å². The standard InChI is InChI=1S/C22H37N3O4.HI/c1-17-13-20(26-4)21(27-5)14-19(17)15-25(3)22(23-2)24-9-6-10-29-16-18-7-11-28-12-8-18;/h13-14,18H,6-12,15-16H2,1-5H3,(H,23,24);1H. The monoisotopic (exact) mass is 535 g/mol. The predicted octanol–water partition coefficient (Wildman–Crippen LogP) is 3.47. The highest BCUT2D eigenvalue weighted by molar-refractivity contribution is 14.0. The van der Waals surface area contributed by atoms with E-state index in [2.05, 4.69) is 22.1 Å². The molecule has 0 aliphatic carbocycles. The molecule has 0 amide bonds. The lowest BCUT2D eigenvalue weighted by Gasteiger charge is -2.24. The Morgan fingerprint density at radius 2 is 1.87 bits per heavy atom. The van der Waals surface area contributed by atoms with Gasteiger partial charge in [-0.1, -0.05) is 0 Å². The molecule has 0 radical (unpaired) electrons. The third-order valence-corrected chi connectivity index (χ3v) is 5.27. The van der Waals surface area contributed by atoms with Crippen LogP contribution < -0.4 is 14.8 Å². The number of hydrogen-bond donors (Lipinski definition) is 1. The van der Waals surface area contributed by atoms with Crippen LogP contribution >= 0.6 is 24.0 Å². The third kappa shape index (κ3) is 8.47. The van der Waals surface area contributed by atoms with Gasteiger partial charge in [-0.25, -0.2) is 0 Å². The van der Waals surface area contributed by atoms with E-state index in [1.54, 1.807) is 14.2 Å². The molecule has 1 aliphatic rings. The number of methoxy groups -OCH3 is 2. The molecular formula is C22H38IN3O4. The summed E-state index contributed by atoms with van der Waals surface area (Å²) in [6, 6.07) is 4.04. The van der Waals surface area contributed by atoms with Gasteiger partial charge in [0, 0.05) is 53.6 Å². The van der Waals surface area contributed by atoms with Crippen LogP contribution in [0.1, 0.15) is 30.4 Å². The average Bonchev–Trinajstić information content (AvgIpc) is 2.74. The molecule has 1 aliphatic heterocycles. The van der Waals surface area contributed by atoms with Gasteiger partial charge in [0.25, 0.3) is 0 Å². The largest absolute Gasteiger partial charge is 0.493 e. The van der Waals surface area contributed by atoms with E-state index in [4.69, 9.17) is 18.9 Å². The molecule has 0 unspecified atom stereocenters. The molecule has 1 N–H and O–H groups in total. The van der Waals surface area contributed by atoms with Gasteiger partial charge < -0.3 is 29.2 Å². The van der Waals surface area contributed by atoms with Gasteiger partial charge in [-0.05, 0) is 55.4 Å². The number of benzene rings is 1. The summed E-state index contributed by atoms with van der Waals surface area (Å²) >= 11 is 0. The molecule has 30 heavy (non-hydrogen) atoms. The normalized spacial score (nSPS) is 14.8. The number of halogens is 1. The zero-order valence-electron chi connectivity index (χ0n) is 19.0. The summed E-state index contributed by atoms with van der Waals surface area (Å²) in [6.45, 7) is 6.99. The van der Waals surface area contributed by atoms with E-state index in [1.807, 2.05) is 26.2 Å². The number of hydrogen-bond acceptors (Lipinski definition) is 5. The Balaban J connectivity index is 0.00000450. The number of aliphatic imine (C=N–C) groups is 1. The lowest BCUT2D eigenvalue weighted by atomic mass is 10.0. The van der Waals surface area contributed by atoms with Gasteiger partial charge in [0.15, 0.2) is 17.5 Å². The van der Waals surface area contributed by atoms with Crippen molar-refractivity contribution in [2.24, 2.45) is 10.9 Å². The van der Waals surface area contributed by atoms with Crippen LogP contribution in [-0.4, -0.2) is 72.1 Å². The molecule has 0 bridgehead atoms. The fraction of sp³-hybridized carbons (Fsp3) is 0.682. The van der Waals surface area contributed by atoms with Crippen LogP contribution in [0.2, 0.25) is 0 Å². The van der Waals surface area contributed by atoms with Crippen molar-refractivity contribution in [1.29, 1.82) is 0 Å². The first-order valence-corrected chi connectivity index (χ1v) is 10.4. The summed E-state index contributed by atoms with van der Waals surface area (Å²) < 4.78 is 22.0. The van der Waals surface area contributed by atoms with E-state index in [9.17, 15) is 0 Å². The summed E-state index contributed by atoms with van der Waals surface area (Å²) in [5, 5.41) is 3.42. The Kier molecular flexibility index (Phi) is 13.1. The van der Waals surface area contributed by atoms with Crippen LogP contribution in [0.4, 0.5) is 0 Å². The van der Waals surface area contributed by atoms with Crippen molar-refractivity contribution in [2.75, 3.05) is 61.3 Å². The van der Waals surface area contributed by atoms with Crippen molar-refractivity contribution in [1.82, 2.24) is 10.2 Å². The van der Waals surface area contributed by atoms with Crippen molar-refractivity contribution in [3.63, 3.8) is 0 Å². The van der Waals surface area contributed by atoms with E-state index in [1.165, 1.54) is 5.56 Å². The Labute approximate surface area is 198 Å². The van der Waals surface area contributed by atoms with Crippen LogP contribution in [-0.2, 0) is 16.0 Å². The molecule has 1 heterocycles. The smallest absolute Gasteiger partial charge is 0.193 e.